The van der Waals surface area contributed by atoms with E-state index >= 15 is 0 Å². The molecule has 0 spiro atoms. The van der Waals surface area contributed by atoms with Crippen molar-refractivity contribution in [2.45, 2.75) is 13.3 Å². The summed E-state index contributed by atoms with van der Waals surface area (Å²) in [5, 5.41) is 17.3. The zero-order chi connectivity index (χ0) is 10.0. The summed E-state index contributed by atoms with van der Waals surface area (Å²) in [6.07, 6.45) is -0.0377. The van der Waals surface area contributed by atoms with Gasteiger partial charge in [0, 0.05) is 12.7 Å². The van der Waals surface area contributed by atoms with Crippen LogP contribution in [0.1, 0.15) is 17.0 Å². The number of aryl methyl sites for hydroxylation is 1. The molecule has 1 N–H and O–H groups in total. The van der Waals surface area contributed by atoms with Crippen molar-refractivity contribution in [3.05, 3.63) is 23.0 Å². The van der Waals surface area contributed by atoms with Gasteiger partial charge in [0.05, 0.1) is 6.42 Å². The summed E-state index contributed by atoms with van der Waals surface area (Å²) in [5.41, 5.74) is 2.03. The van der Waals surface area contributed by atoms with E-state index in [4.69, 9.17) is 10.4 Å². The number of rotatable bonds is 2. The third-order valence-electron chi connectivity index (χ3n) is 2.01. The predicted molar refractivity (Wildman–Crippen MR) is 46.2 cm³/mol. The standard InChI is InChI=1S/C9H10N2O2/c1-6-3-7(5-10)11(2)8(6)4-9(12)13/h3H,4H2,1-2H3,(H,12,13). The molecule has 1 aromatic rings. The summed E-state index contributed by atoms with van der Waals surface area (Å²) in [7, 11) is 1.70. The molecular weight excluding hydrogens is 168 g/mol. The number of nitrogens with zero attached hydrogens (tertiary/aromatic N) is 2. The second-order valence-corrected chi connectivity index (χ2v) is 2.90. The van der Waals surface area contributed by atoms with Crippen LogP contribution in [0, 0.1) is 18.3 Å². The second kappa shape index (κ2) is 3.31. The Morgan fingerprint density at radius 2 is 2.38 bits per heavy atom. The monoisotopic (exact) mass is 178 g/mol. The van der Waals surface area contributed by atoms with Gasteiger partial charge < -0.3 is 9.67 Å². The lowest BCUT2D eigenvalue weighted by Crippen LogP contribution is -2.07. The van der Waals surface area contributed by atoms with Crippen LogP contribution in [0.4, 0.5) is 0 Å². The lowest BCUT2D eigenvalue weighted by Gasteiger charge is -2.01. The van der Waals surface area contributed by atoms with Crippen molar-refractivity contribution in [2.24, 2.45) is 7.05 Å². The van der Waals surface area contributed by atoms with E-state index in [0.29, 0.717) is 11.4 Å². The Hall–Kier alpha value is -1.76. The molecule has 0 atom stereocenters. The molecule has 0 saturated heterocycles. The minimum Gasteiger partial charge on any atom is -0.481 e. The molecule has 0 radical (unpaired) electrons. The molecule has 4 nitrogen and oxygen atoms in total. The first-order valence-electron chi connectivity index (χ1n) is 3.83. The predicted octanol–water partition coefficient (Wildman–Crippen LogP) is 0.832. The van der Waals surface area contributed by atoms with Gasteiger partial charge in [0.2, 0.25) is 0 Å². The SMILES string of the molecule is Cc1cc(C#N)n(C)c1CC(=O)O. The normalized spacial score (nSPS) is 9.62. The van der Waals surface area contributed by atoms with Crippen LogP contribution in [0.25, 0.3) is 0 Å². The van der Waals surface area contributed by atoms with E-state index in [-0.39, 0.29) is 6.42 Å². The molecule has 0 aliphatic rings. The fourth-order valence-electron chi connectivity index (χ4n) is 1.30. The number of carboxylic acid groups (broad SMARTS) is 1. The number of hydrogen-bond donors (Lipinski definition) is 1. The third kappa shape index (κ3) is 1.70. The van der Waals surface area contributed by atoms with E-state index in [1.54, 1.807) is 24.6 Å². The Kier molecular flexibility index (Phi) is 2.38. The second-order valence-electron chi connectivity index (χ2n) is 2.90. The van der Waals surface area contributed by atoms with Gasteiger partial charge in [0.15, 0.2) is 0 Å². The van der Waals surface area contributed by atoms with Crippen LogP contribution in [-0.2, 0) is 18.3 Å². The molecular formula is C9H10N2O2. The van der Waals surface area contributed by atoms with E-state index < -0.39 is 5.97 Å². The maximum absolute atomic E-state index is 10.5. The summed E-state index contributed by atoms with van der Waals surface area (Å²) < 4.78 is 1.61. The molecule has 1 heterocycles. The van der Waals surface area contributed by atoms with E-state index in [9.17, 15) is 4.79 Å². The first-order chi connectivity index (χ1) is 6.06. The quantitative estimate of drug-likeness (QED) is 0.729. The number of carbonyl (C=O) groups is 1. The van der Waals surface area contributed by atoms with Crippen LogP contribution < -0.4 is 0 Å². The molecule has 0 aliphatic heterocycles. The van der Waals surface area contributed by atoms with Crippen LogP contribution in [0.3, 0.4) is 0 Å². The van der Waals surface area contributed by atoms with Crippen molar-refractivity contribution in [2.75, 3.05) is 0 Å². The number of hydrogen-bond acceptors (Lipinski definition) is 2. The number of aromatic nitrogens is 1. The Bertz CT molecular complexity index is 385. The van der Waals surface area contributed by atoms with Gasteiger partial charge in [-0.25, -0.2) is 0 Å². The van der Waals surface area contributed by atoms with Gasteiger partial charge in [-0.15, -0.1) is 0 Å². The maximum atomic E-state index is 10.5. The average Bonchev–Trinajstić information content (AvgIpc) is 2.31. The van der Waals surface area contributed by atoms with Gasteiger partial charge in [-0.05, 0) is 18.6 Å². The van der Waals surface area contributed by atoms with Crippen molar-refractivity contribution in [1.82, 2.24) is 4.57 Å². The highest BCUT2D eigenvalue weighted by Crippen LogP contribution is 2.13. The van der Waals surface area contributed by atoms with Crippen molar-refractivity contribution in [1.29, 1.82) is 5.26 Å². The lowest BCUT2D eigenvalue weighted by atomic mass is 10.2. The van der Waals surface area contributed by atoms with Crippen LogP contribution in [0.2, 0.25) is 0 Å². The molecule has 0 aromatic carbocycles. The van der Waals surface area contributed by atoms with Crippen LogP contribution >= 0.6 is 0 Å². The molecule has 0 aliphatic carbocycles. The van der Waals surface area contributed by atoms with E-state index in [2.05, 4.69) is 0 Å². The molecule has 0 bridgehead atoms. The zero-order valence-electron chi connectivity index (χ0n) is 7.53. The van der Waals surface area contributed by atoms with Crippen LogP contribution in [0.5, 0.6) is 0 Å². The summed E-state index contributed by atoms with van der Waals surface area (Å²) in [6, 6.07) is 3.69. The van der Waals surface area contributed by atoms with Crippen molar-refractivity contribution in [3.63, 3.8) is 0 Å². The molecule has 0 fully saturated rings. The largest absolute Gasteiger partial charge is 0.481 e. The van der Waals surface area contributed by atoms with Crippen molar-refractivity contribution >= 4 is 5.97 Å². The van der Waals surface area contributed by atoms with Gasteiger partial charge in [-0.3, -0.25) is 4.79 Å². The Balaban J connectivity index is 3.15. The summed E-state index contributed by atoms with van der Waals surface area (Å²) >= 11 is 0. The molecule has 1 aromatic heterocycles. The number of carboxylic acids is 1. The molecule has 0 saturated carbocycles. The Morgan fingerprint density at radius 1 is 1.77 bits per heavy atom. The molecule has 0 amide bonds. The van der Waals surface area contributed by atoms with Gasteiger partial charge in [-0.2, -0.15) is 5.26 Å². The zero-order valence-corrected chi connectivity index (χ0v) is 7.53. The van der Waals surface area contributed by atoms with Gasteiger partial charge in [0.1, 0.15) is 11.8 Å². The highest BCUT2D eigenvalue weighted by Gasteiger charge is 2.11. The molecule has 4 heteroatoms. The molecule has 0 unspecified atom stereocenters. The van der Waals surface area contributed by atoms with E-state index in [0.717, 1.165) is 5.56 Å². The lowest BCUT2D eigenvalue weighted by molar-refractivity contribution is -0.136. The molecule has 68 valence electrons. The van der Waals surface area contributed by atoms with Crippen LogP contribution in [-0.4, -0.2) is 15.6 Å². The van der Waals surface area contributed by atoms with Gasteiger partial charge in [0.25, 0.3) is 0 Å². The summed E-state index contributed by atoms with van der Waals surface area (Å²) in [5.74, 6) is -0.881. The minimum atomic E-state index is -0.881. The highest BCUT2D eigenvalue weighted by atomic mass is 16.4. The number of aliphatic carboxylic acids is 1. The van der Waals surface area contributed by atoms with E-state index in [1.165, 1.54) is 0 Å². The fourth-order valence-corrected chi connectivity index (χ4v) is 1.30. The Morgan fingerprint density at radius 3 is 2.77 bits per heavy atom. The highest BCUT2D eigenvalue weighted by molar-refractivity contribution is 5.70. The molecule has 1 rings (SSSR count). The maximum Gasteiger partial charge on any atom is 0.309 e. The number of nitriles is 1. The van der Waals surface area contributed by atoms with Gasteiger partial charge >= 0.3 is 5.97 Å². The Labute approximate surface area is 76.0 Å². The minimum absolute atomic E-state index is 0.0377. The topological polar surface area (TPSA) is 66.0 Å². The van der Waals surface area contributed by atoms with E-state index in [1.807, 2.05) is 6.07 Å². The smallest absolute Gasteiger partial charge is 0.309 e. The summed E-state index contributed by atoms with van der Waals surface area (Å²) in [4.78, 5) is 10.5. The van der Waals surface area contributed by atoms with Crippen molar-refractivity contribution < 1.29 is 9.90 Å². The first kappa shape index (κ1) is 9.33. The van der Waals surface area contributed by atoms with Crippen molar-refractivity contribution in [3.8, 4) is 6.07 Å². The molecule has 13 heavy (non-hydrogen) atoms. The first-order valence-corrected chi connectivity index (χ1v) is 3.83. The van der Waals surface area contributed by atoms with Crippen LogP contribution in [0.15, 0.2) is 6.07 Å². The van der Waals surface area contributed by atoms with Gasteiger partial charge in [-0.1, -0.05) is 0 Å². The summed E-state index contributed by atoms with van der Waals surface area (Å²) in [6.45, 7) is 1.80. The third-order valence-corrected chi connectivity index (χ3v) is 2.01. The average molecular weight is 178 g/mol. The fraction of sp³-hybridized carbons (Fsp3) is 0.333.